The number of halogens is 3. The predicted molar refractivity (Wildman–Crippen MR) is 92.1 cm³/mol. The van der Waals surface area contributed by atoms with Crippen molar-refractivity contribution in [2.24, 2.45) is 11.1 Å². The van der Waals surface area contributed by atoms with Crippen molar-refractivity contribution in [2.75, 3.05) is 25.9 Å². The first-order valence-electron chi connectivity index (χ1n) is 6.76. The molecule has 0 aliphatic carbocycles. The fourth-order valence-electron chi connectivity index (χ4n) is 2.52. The van der Waals surface area contributed by atoms with E-state index in [0.29, 0.717) is 24.1 Å². The SMILES string of the molecule is CC1(CN)CCN(C(=O)c2cc(Br)cc(S(C)(=O)=O)c2F)C1.Cl. The summed E-state index contributed by atoms with van der Waals surface area (Å²) in [6.45, 7) is 3.32. The van der Waals surface area contributed by atoms with Crippen molar-refractivity contribution in [3.05, 3.63) is 28.0 Å². The lowest BCUT2D eigenvalue weighted by Crippen LogP contribution is -2.35. The van der Waals surface area contributed by atoms with Gasteiger partial charge in [-0.2, -0.15) is 0 Å². The Morgan fingerprint density at radius 3 is 2.57 bits per heavy atom. The Morgan fingerprint density at radius 2 is 2.09 bits per heavy atom. The van der Waals surface area contributed by atoms with Gasteiger partial charge in [-0.1, -0.05) is 22.9 Å². The third-order valence-corrected chi connectivity index (χ3v) is 5.53. The number of hydrogen-bond acceptors (Lipinski definition) is 4. The molecular weight excluding hydrogens is 411 g/mol. The van der Waals surface area contributed by atoms with Gasteiger partial charge in [-0.25, -0.2) is 12.8 Å². The van der Waals surface area contributed by atoms with Gasteiger partial charge in [0.1, 0.15) is 4.90 Å². The molecule has 1 fully saturated rings. The van der Waals surface area contributed by atoms with Gasteiger partial charge in [0.15, 0.2) is 15.7 Å². The summed E-state index contributed by atoms with van der Waals surface area (Å²) >= 11 is 3.13. The van der Waals surface area contributed by atoms with Crippen molar-refractivity contribution >= 4 is 44.1 Å². The smallest absolute Gasteiger partial charge is 0.256 e. The Balaban J connectivity index is 0.00000264. The largest absolute Gasteiger partial charge is 0.338 e. The molecular formula is C14H19BrClFN2O3S. The molecule has 0 bridgehead atoms. The maximum absolute atomic E-state index is 14.5. The van der Waals surface area contributed by atoms with E-state index in [4.69, 9.17) is 5.73 Å². The van der Waals surface area contributed by atoms with Gasteiger partial charge in [-0.15, -0.1) is 12.4 Å². The molecule has 1 aliphatic heterocycles. The molecule has 1 saturated heterocycles. The zero-order valence-corrected chi connectivity index (χ0v) is 16.0. The molecule has 1 aliphatic rings. The third-order valence-electron chi connectivity index (χ3n) is 3.97. The van der Waals surface area contributed by atoms with Crippen molar-refractivity contribution in [2.45, 2.75) is 18.2 Å². The van der Waals surface area contributed by atoms with Crippen LogP contribution in [0.4, 0.5) is 4.39 Å². The van der Waals surface area contributed by atoms with Crippen LogP contribution < -0.4 is 5.73 Å². The summed E-state index contributed by atoms with van der Waals surface area (Å²) in [5.41, 5.74) is 5.28. The second-order valence-corrected chi connectivity index (χ2v) is 8.93. The van der Waals surface area contributed by atoms with E-state index >= 15 is 0 Å². The number of carbonyl (C=O) groups excluding carboxylic acids is 1. The van der Waals surface area contributed by atoms with E-state index in [1.54, 1.807) is 0 Å². The minimum absolute atomic E-state index is 0. The Kier molecular flexibility index (Phi) is 6.23. The number of likely N-dealkylation sites (tertiary alicyclic amines) is 1. The molecule has 1 unspecified atom stereocenters. The number of amides is 1. The molecule has 1 amide bonds. The van der Waals surface area contributed by atoms with Crippen LogP contribution in [0.2, 0.25) is 0 Å². The van der Waals surface area contributed by atoms with E-state index in [1.807, 2.05) is 6.92 Å². The molecule has 2 N–H and O–H groups in total. The topological polar surface area (TPSA) is 80.5 Å². The molecule has 1 aromatic carbocycles. The van der Waals surface area contributed by atoms with Crippen LogP contribution in [0.1, 0.15) is 23.7 Å². The van der Waals surface area contributed by atoms with Gasteiger partial charge < -0.3 is 10.6 Å². The minimum Gasteiger partial charge on any atom is -0.338 e. The fraction of sp³-hybridized carbons (Fsp3) is 0.500. The average molecular weight is 430 g/mol. The average Bonchev–Trinajstić information content (AvgIpc) is 2.82. The fourth-order valence-corrected chi connectivity index (χ4v) is 3.91. The number of sulfone groups is 1. The molecule has 0 spiro atoms. The number of carbonyl (C=O) groups is 1. The molecule has 9 heteroatoms. The van der Waals surface area contributed by atoms with Crippen LogP contribution in [-0.2, 0) is 9.84 Å². The lowest BCUT2D eigenvalue weighted by atomic mass is 9.90. The number of nitrogens with two attached hydrogens (primary N) is 1. The van der Waals surface area contributed by atoms with Crippen LogP contribution in [0.5, 0.6) is 0 Å². The molecule has 1 heterocycles. The van der Waals surface area contributed by atoms with E-state index in [2.05, 4.69) is 15.9 Å². The van der Waals surface area contributed by atoms with Gasteiger partial charge in [0.2, 0.25) is 0 Å². The van der Waals surface area contributed by atoms with E-state index < -0.39 is 26.5 Å². The maximum atomic E-state index is 14.5. The summed E-state index contributed by atoms with van der Waals surface area (Å²) in [5.74, 6) is -1.52. The summed E-state index contributed by atoms with van der Waals surface area (Å²) in [7, 11) is -3.76. The Morgan fingerprint density at radius 1 is 1.48 bits per heavy atom. The highest BCUT2D eigenvalue weighted by atomic mass is 79.9. The molecule has 1 atom stereocenters. The Hall–Kier alpha value is -0.700. The van der Waals surface area contributed by atoms with Crippen LogP contribution in [0.15, 0.2) is 21.5 Å². The first-order valence-corrected chi connectivity index (χ1v) is 9.44. The van der Waals surface area contributed by atoms with Crippen molar-refractivity contribution in [1.82, 2.24) is 4.90 Å². The van der Waals surface area contributed by atoms with Crippen molar-refractivity contribution in [1.29, 1.82) is 0 Å². The second kappa shape index (κ2) is 7.04. The zero-order valence-electron chi connectivity index (χ0n) is 12.8. The highest BCUT2D eigenvalue weighted by molar-refractivity contribution is 9.10. The number of nitrogens with zero attached hydrogens (tertiary/aromatic N) is 1. The highest BCUT2D eigenvalue weighted by Gasteiger charge is 2.36. The number of rotatable bonds is 3. The quantitative estimate of drug-likeness (QED) is 0.799. The zero-order chi connectivity index (χ0) is 16.7. The Labute approximate surface area is 149 Å². The molecule has 0 radical (unpaired) electrons. The van der Waals surface area contributed by atoms with E-state index in [0.717, 1.165) is 18.7 Å². The van der Waals surface area contributed by atoms with Gasteiger partial charge in [-0.05, 0) is 30.5 Å². The molecule has 0 saturated carbocycles. The summed E-state index contributed by atoms with van der Waals surface area (Å²) in [5, 5.41) is 0. The molecule has 2 rings (SSSR count). The van der Waals surface area contributed by atoms with Gasteiger partial charge in [-0.3, -0.25) is 4.79 Å². The molecule has 1 aromatic rings. The van der Waals surface area contributed by atoms with E-state index in [-0.39, 0.29) is 23.4 Å². The van der Waals surface area contributed by atoms with Gasteiger partial charge in [0, 0.05) is 23.8 Å². The first kappa shape index (κ1) is 20.3. The monoisotopic (exact) mass is 428 g/mol. The number of hydrogen-bond donors (Lipinski definition) is 1. The van der Waals surface area contributed by atoms with E-state index in [1.165, 1.54) is 11.0 Å². The molecule has 5 nitrogen and oxygen atoms in total. The number of benzene rings is 1. The van der Waals surface area contributed by atoms with E-state index in [9.17, 15) is 17.6 Å². The Bertz CT molecular complexity index is 729. The van der Waals surface area contributed by atoms with Gasteiger partial charge in [0.25, 0.3) is 5.91 Å². The summed E-state index contributed by atoms with van der Waals surface area (Å²) < 4.78 is 38.1. The maximum Gasteiger partial charge on any atom is 0.256 e. The second-order valence-electron chi connectivity index (χ2n) is 6.03. The van der Waals surface area contributed by atoms with Crippen LogP contribution in [-0.4, -0.2) is 45.1 Å². The highest BCUT2D eigenvalue weighted by Crippen LogP contribution is 2.31. The minimum atomic E-state index is -3.76. The van der Waals surface area contributed by atoms with Crippen LogP contribution in [0.3, 0.4) is 0 Å². The normalized spacial score (nSPS) is 21.2. The third kappa shape index (κ3) is 4.23. The summed E-state index contributed by atoms with van der Waals surface area (Å²) in [6, 6.07) is 2.47. The summed E-state index contributed by atoms with van der Waals surface area (Å²) in [4.78, 5) is 13.6. The van der Waals surface area contributed by atoms with Crippen LogP contribution in [0.25, 0.3) is 0 Å². The van der Waals surface area contributed by atoms with Crippen molar-refractivity contribution < 1.29 is 17.6 Å². The predicted octanol–water partition coefficient (Wildman–Crippen LogP) is 2.22. The standard InChI is InChI=1S/C14H18BrFN2O3S.ClH/c1-14(7-17)3-4-18(8-14)13(19)10-5-9(15)6-11(12(10)16)22(2,20)21;/h5-6H,3-4,7-8,17H2,1-2H3;1H. The lowest BCUT2D eigenvalue weighted by Gasteiger charge is -2.23. The van der Waals surface area contributed by atoms with Crippen molar-refractivity contribution in [3.63, 3.8) is 0 Å². The van der Waals surface area contributed by atoms with Crippen LogP contribution >= 0.6 is 28.3 Å². The van der Waals surface area contributed by atoms with Crippen LogP contribution in [0, 0.1) is 11.2 Å². The lowest BCUT2D eigenvalue weighted by molar-refractivity contribution is 0.0771. The first-order chi connectivity index (χ1) is 10.1. The summed E-state index contributed by atoms with van der Waals surface area (Å²) in [6.07, 6.45) is 1.65. The van der Waals surface area contributed by atoms with Gasteiger partial charge in [0.05, 0.1) is 5.56 Å². The molecule has 23 heavy (non-hydrogen) atoms. The van der Waals surface area contributed by atoms with Gasteiger partial charge >= 0.3 is 0 Å². The van der Waals surface area contributed by atoms with Crippen molar-refractivity contribution in [3.8, 4) is 0 Å². The molecule has 130 valence electrons. The molecule has 0 aromatic heterocycles.